The zero-order valence-electron chi connectivity index (χ0n) is 14.8. The van der Waals surface area contributed by atoms with Crippen molar-refractivity contribution in [2.24, 2.45) is 0 Å². The van der Waals surface area contributed by atoms with Crippen LogP contribution in [0.5, 0.6) is 0 Å². The van der Waals surface area contributed by atoms with E-state index in [-0.39, 0.29) is 11.8 Å². The van der Waals surface area contributed by atoms with Crippen molar-refractivity contribution in [3.8, 4) is 0 Å². The van der Waals surface area contributed by atoms with Gasteiger partial charge in [0.05, 0.1) is 5.56 Å². The van der Waals surface area contributed by atoms with Gasteiger partial charge in [0.1, 0.15) is 5.82 Å². The molecule has 6 nitrogen and oxygen atoms in total. The molecule has 2 amide bonds. The first-order valence-electron chi connectivity index (χ1n) is 8.48. The lowest BCUT2D eigenvalue weighted by Gasteiger charge is -2.34. The Kier molecular flexibility index (Phi) is 5.42. The van der Waals surface area contributed by atoms with Gasteiger partial charge in [-0.3, -0.25) is 9.59 Å². The van der Waals surface area contributed by atoms with Crippen LogP contribution in [-0.2, 0) is 4.79 Å². The molecule has 0 unspecified atom stereocenters. The van der Waals surface area contributed by atoms with E-state index in [0.717, 1.165) is 11.3 Å². The molecular formula is C19H21ClN4O2. The number of nitrogens with zero attached hydrogens (tertiary/aromatic N) is 3. The Balaban J connectivity index is 1.65. The zero-order valence-corrected chi connectivity index (χ0v) is 15.6. The van der Waals surface area contributed by atoms with E-state index in [2.05, 4.69) is 10.3 Å². The topological polar surface area (TPSA) is 65.5 Å². The van der Waals surface area contributed by atoms with Crippen LogP contribution in [0.4, 0.5) is 11.5 Å². The SMILES string of the molecule is CC(=O)N1CCN(C(=O)c2ccc(Nc3cccc(Cl)c3C)nc2)CC1. The van der Waals surface area contributed by atoms with E-state index >= 15 is 0 Å². The van der Waals surface area contributed by atoms with Gasteiger partial charge in [-0.25, -0.2) is 4.98 Å². The minimum absolute atomic E-state index is 0.0468. The summed E-state index contributed by atoms with van der Waals surface area (Å²) in [6, 6.07) is 9.17. The van der Waals surface area contributed by atoms with Crippen molar-refractivity contribution < 1.29 is 9.59 Å². The largest absolute Gasteiger partial charge is 0.340 e. The van der Waals surface area contributed by atoms with Crippen LogP contribution in [-0.4, -0.2) is 52.8 Å². The number of carbonyl (C=O) groups is 2. The van der Waals surface area contributed by atoms with Gasteiger partial charge in [0.2, 0.25) is 5.91 Å². The second-order valence-corrected chi connectivity index (χ2v) is 6.67. The highest BCUT2D eigenvalue weighted by Gasteiger charge is 2.23. The van der Waals surface area contributed by atoms with Gasteiger partial charge in [0.25, 0.3) is 5.91 Å². The molecule has 0 spiro atoms. The lowest BCUT2D eigenvalue weighted by molar-refractivity contribution is -0.130. The van der Waals surface area contributed by atoms with E-state index < -0.39 is 0 Å². The molecule has 1 aliphatic rings. The van der Waals surface area contributed by atoms with Crippen molar-refractivity contribution in [1.29, 1.82) is 0 Å². The molecule has 1 N–H and O–H groups in total. The summed E-state index contributed by atoms with van der Waals surface area (Å²) in [5.74, 6) is 0.630. The van der Waals surface area contributed by atoms with Gasteiger partial charge in [0.15, 0.2) is 0 Å². The molecule has 1 fully saturated rings. The molecule has 0 atom stereocenters. The minimum Gasteiger partial charge on any atom is -0.340 e. The second kappa shape index (κ2) is 7.74. The number of pyridine rings is 1. The summed E-state index contributed by atoms with van der Waals surface area (Å²) >= 11 is 6.13. The van der Waals surface area contributed by atoms with Crippen LogP contribution in [0.2, 0.25) is 5.02 Å². The monoisotopic (exact) mass is 372 g/mol. The van der Waals surface area contributed by atoms with Gasteiger partial charge >= 0.3 is 0 Å². The smallest absolute Gasteiger partial charge is 0.255 e. The van der Waals surface area contributed by atoms with Gasteiger partial charge in [-0.05, 0) is 36.8 Å². The lowest BCUT2D eigenvalue weighted by atomic mass is 10.2. The fourth-order valence-electron chi connectivity index (χ4n) is 2.88. The number of halogens is 1. The Morgan fingerprint density at radius 1 is 1.08 bits per heavy atom. The van der Waals surface area contributed by atoms with Crippen LogP contribution in [0, 0.1) is 6.92 Å². The Hall–Kier alpha value is -2.60. The van der Waals surface area contributed by atoms with Gasteiger partial charge in [-0.2, -0.15) is 0 Å². The van der Waals surface area contributed by atoms with Crippen LogP contribution in [0.3, 0.4) is 0 Å². The number of amides is 2. The first-order valence-corrected chi connectivity index (χ1v) is 8.86. The van der Waals surface area contributed by atoms with Gasteiger partial charge in [-0.1, -0.05) is 17.7 Å². The highest BCUT2D eigenvalue weighted by atomic mass is 35.5. The third kappa shape index (κ3) is 3.96. The standard InChI is InChI=1S/C19H21ClN4O2/c1-13-16(20)4-3-5-17(13)22-18-7-6-15(12-21-18)19(26)24-10-8-23(9-11-24)14(2)25/h3-7,12H,8-11H2,1-2H3,(H,21,22). The summed E-state index contributed by atoms with van der Waals surface area (Å²) < 4.78 is 0. The molecule has 2 heterocycles. The fraction of sp³-hybridized carbons (Fsp3) is 0.316. The summed E-state index contributed by atoms with van der Waals surface area (Å²) in [6.45, 7) is 5.71. The first kappa shape index (κ1) is 18.2. The quantitative estimate of drug-likeness (QED) is 0.899. The third-order valence-electron chi connectivity index (χ3n) is 4.55. The molecular weight excluding hydrogens is 352 g/mol. The number of aromatic nitrogens is 1. The van der Waals surface area contributed by atoms with Crippen molar-refractivity contribution in [2.75, 3.05) is 31.5 Å². The zero-order chi connectivity index (χ0) is 18.7. The Morgan fingerprint density at radius 2 is 1.77 bits per heavy atom. The summed E-state index contributed by atoms with van der Waals surface area (Å²) in [4.78, 5) is 31.8. The number of carbonyl (C=O) groups excluding carboxylic acids is 2. The Bertz CT molecular complexity index is 815. The number of anilines is 2. The number of nitrogens with one attached hydrogen (secondary N) is 1. The Morgan fingerprint density at radius 3 is 2.38 bits per heavy atom. The van der Waals surface area contributed by atoms with E-state index in [4.69, 9.17) is 11.6 Å². The van der Waals surface area contributed by atoms with E-state index in [1.807, 2.05) is 25.1 Å². The molecule has 26 heavy (non-hydrogen) atoms. The highest BCUT2D eigenvalue weighted by Crippen LogP contribution is 2.25. The molecule has 0 bridgehead atoms. The molecule has 7 heteroatoms. The molecule has 0 saturated carbocycles. The van der Waals surface area contributed by atoms with Gasteiger partial charge in [-0.15, -0.1) is 0 Å². The predicted octanol–water partition coefficient (Wildman–Crippen LogP) is 3.09. The molecule has 3 rings (SSSR count). The maximum Gasteiger partial charge on any atom is 0.255 e. The number of hydrogen-bond donors (Lipinski definition) is 1. The molecule has 0 aliphatic carbocycles. The maximum absolute atomic E-state index is 12.6. The van der Waals surface area contributed by atoms with Gasteiger partial charge in [0, 0.05) is 50.0 Å². The van der Waals surface area contributed by atoms with Crippen molar-refractivity contribution in [1.82, 2.24) is 14.8 Å². The average Bonchev–Trinajstić information content (AvgIpc) is 2.65. The maximum atomic E-state index is 12.6. The van der Waals surface area contributed by atoms with Crippen LogP contribution in [0.25, 0.3) is 0 Å². The summed E-state index contributed by atoms with van der Waals surface area (Å²) in [7, 11) is 0. The molecule has 2 aromatic rings. The van der Waals surface area contributed by atoms with Crippen molar-refractivity contribution in [2.45, 2.75) is 13.8 Å². The summed E-state index contributed by atoms with van der Waals surface area (Å²) in [5.41, 5.74) is 2.36. The molecule has 1 aliphatic heterocycles. The summed E-state index contributed by atoms with van der Waals surface area (Å²) in [6.07, 6.45) is 1.57. The van der Waals surface area contributed by atoms with E-state index in [0.29, 0.717) is 42.6 Å². The van der Waals surface area contributed by atoms with E-state index in [1.54, 1.807) is 35.1 Å². The molecule has 1 aromatic heterocycles. The highest BCUT2D eigenvalue weighted by molar-refractivity contribution is 6.31. The molecule has 1 aromatic carbocycles. The van der Waals surface area contributed by atoms with Crippen LogP contribution >= 0.6 is 11.6 Å². The normalized spacial score (nSPS) is 14.3. The molecule has 136 valence electrons. The minimum atomic E-state index is -0.0637. The lowest BCUT2D eigenvalue weighted by Crippen LogP contribution is -2.50. The number of rotatable bonds is 3. The Labute approximate surface area is 157 Å². The van der Waals surface area contributed by atoms with E-state index in [1.165, 1.54) is 0 Å². The van der Waals surface area contributed by atoms with Crippen molar-refractivity contribution >= 4 is 34.9 Å². The van der Waals surface area contributed by atoms with Crippen LogP contribution < -0.4 is 5.32 Å². The van der Waals surface area contributed by atoms with Crippen LogP contribution in [0.15, 0.2) is 36.5 Å². The fourth-order valence-corrected chi connectivity index (χ4v) is 3.06. The third-order valence-corrected chi connectivity index (χ3v) is 4.96. The number of benzene rings is 1. The second-order valence-electron chi connectivity index (χ2n) is 6.27. The number of hydrogen-bond acceptors (Lipinski definition) is 4. The summed E-state index contributed by atoms with van der Waals surface area (Å²) in [5, 5.41) is 3.90. The van der Waals surface area contributed by atoms with Crippen LogP contribution in [0.1, 0.15) is 22.8 Å². The van der Waals surface area contributed by atoms with Crippen molar-refractivity contribution in [3.63, 3.8) is 0 Å². The van der Waals surface area contributed by atoms with Gasteiger partial charge < -0.3 is 15.1 Å². The molecule has 0 radical (unpaired) electrons. The average molecular weight is 373 g/mol. The first-order chi connectivity index (χ1) is 12.5. The number of piperazine rings is 1. The molecule has 1 saturated heterocycles. The predicted molar refractivity (Wildman–Crippen MR) is 102 cm³/mol. The van der Waals surface area contributed by atoms with E-state index in [9.17, 15) is 9.59 Å². The van der Waals surface area contributed by atoms with Crippen molar-refractivity contribution in [3.05, 3.63) is 52.7 Å².